The van der Waals surface area contributed by atoms with Crippen molar-refractivity contribution in [2.24, 2.45) is 0 Å². The first-order chi connectivity index (χ1) is 7.20. The molecular formula is C12H17NOS. The van der Waals surface area contributed by atoms with Crippen molar-refractivity contribution in [1.29, 1.82) is 0 Å². The van der Waals surface area contributed by atoms with Gasteiger partial charge in [-0.25, -0.2) is 0 Å². The zero-order chi connectivity index (χ0) is 11.1. The first-order valence-corrected chi connectivity index (χ1v) is 6.16. The fraction of sp³-hybridized carbons (Fsp3) is 0.417. The lowest BCUT2D eigenvalue weighted by atomic mass is 10.2. The van der Waals surface area contributed by atoms with Gasteiger partial charge in [0.1, 0.15) is 0 Å². The van der Waals surface area contributed by atoms with Gasteiger partial charge in [-0.05, 0) is 12.5 Å². The molecule has 0 radical (unpaired) electrons. The Morgan fingerprint density at radius 2 is 2.07 bits per heavy atom. The van der Waals surface area contributed by atoms with Crippen LogP contribution in [0.15, 0.2) is 30.3 Å². The van der Waals surface area contributed by atoms with Crippen molar-refractivity contribution in [2.45, 2.75) is 19.1 Å². The van der Waals surface area contributed by atoms with E-state index in [1.165, 1.54) is 5.56 Å². The molecule has 1 N–H and O–H groups in total. The van der Waals surface area contributed by atoms with Crippen molar-refractivity contribution in [3.63, 3.8) is 0 Å². The lowest BCUT2D eigenvalue weighted by Crippen LogP contribution is -2.22. The Kier molecular flexibility index (Phi) is 5.26. The largest absolute Gasteiger partial charge is 0.356 e. The monoisotopic (exact) mass is 223 g/mol. The van der Waals surface area contributed by atoms with E-state index >= 15 is 0 Å². The van der Waals surface area contributed by atoms with Gasteiger partial charge in [-0.1, -0.05) is 30.3 Å². The number of nitrogens with one attached hydrogen (secondary N) is 1. The van der Waals surface area contributed by atoms with E-state index in [0.29, 0.717) is 5.25 Å². The molecule has 2 nitrogen and oxygen atoms in total. The average molecular weight is 223 g/mol. The summed E-state index contributed by atoms with van der Waals surface area (Å²) in [5.41, 5.74) is 1.34. The van der Waals surface area contributed by atoms with Crippen LogP contribution in [0.4, 0.5) is 0 Å². The number of carbonyl (C=O) groups is 1. The minimum atomic E-state index is 0.0444. The van der Waals surface area contributed by atoms with Gasteiger partial charge in [0, 0.05) is 24.5 Å². The van der Waals surface area contributed by atoms with Crippen molar-refractivity contribution in [2.75, 3.05) is 12.3 Å². The molecule has 1 amide bonds. The van der Waals surface area contributed by atoms with Crippen LogP contribution in [0.1, 0.15) is 24.7 Å². The number of thioether (sulfide) groups is 1. The summed E-state index contributed by atoms with van der Waals surface area (Å²) in [5.74, 6) is 0.998. The Hall–Kier alpha value is -0.960. The summed E-state index contributed by atoms with van der Waals surface area (Å²) in [4.78, 5) is 10.6. The molecular weight excluding hydrogens is 206 g/mol. The molecule has 0 aliphatic heterocycles. The second kappa shape index (κ2) is 6.51. The fourth-order valence-electron chi connectivity index (χ4n) is 1.28. The van der Waals surface area contributed by atoms with Crippen molar-refractivity contribution >= 4 is 17.7 Å². The number of carbonyl (C=O) groups excluding carboxylic acids is 1. The molecule has 1 aromatic rings. The second-order valence-corrected chi connectivity index (χ2v) is 4.86. The molecule has 1 atom stereocenters. The van der Waals surface area contributed by atoms with Gasteiger partial charge < -0.3 is 5.32 Å². The molecule has 0 saturated heterocycles. The van der Waals surface area contributed by atoms with Gasteiger partial charge in [-0.3, -0.25) is 4.79 Å². The standard InChI is InChI=1S/C12H17NOS/c1-10(12-6-4-3-5-7-12)15-9-8-13-11(2)14/h3-7,10H,8-9H2,1-2H3,(H,13,14). The van der Waals surface area contributed by atoms with Crippen molar-refractivity contribution in [3.05, 3.63) is 35.9 Å². The van der Waals surface area contributed by atoms with E-state index in [1.54, 1.807) is 6.92 Å². The molecule has 0 aliphatic carbocycles. The lowest BCUT2D eigenvalue weighted by Gasteiger charge is -2.11. The SMILES string of the molecule is CC(=O)NCCSC(C)c1ccccc1. The number of hydrogen-bond acceptors (Lipinski definition) is 2. The lowest BCUT2D eigenvalue weighted by molar-refractivity contribution is -0.118. The van der Waals surface area contributed by atoms with Crippen LogP contribution >= 0.6 is 11.8 Å². The third-order valence-electron chi connectivity index (χ3n) is 2.11. The molecule has 15 heavy (non-hydrogen) atoms. The van der Waals surface area contributed by atoms with E-state index in [-0.39, 0.29) is 5.91 Å². The summed E-state index contributed by atoms with van der Waals surface area (Å²) in [7, 11) is 0. The van der Waals surface area contributed by atoms with E-state index in [1.807, 2.05) is 17.8 Å². The zero-order valence-electron chi connectivity index (χ0n) is 9.19. The third kappa shape index (κ3) is 4.88. The summed E-state index contributed by atoms with van der Waals surface area (Å²) in [5, 5.41) is 3.28. The van der Waals surface area contributed by atoms with Gasteiger partial charge in [-0.15, -0.1) is 0 Å². The fourth-order valence-corrected chi connectivity index (χ4v) is 2.21. The first kappa shape index (κ1) is 12.1. The predicted octanol–water partition coefficient (Wildman–Crippen LogP) is 2.62. The highest BCUT2D eigenvalue weighted by atomic mass is 32.2. The number of benzene rings is 1. The number of rotatable bonds is 5. The minimum absolute atomic E-state index is 0.0444. The molecule has 0 aromatic heterocycles. The van der Waals surface area contributed by atoms with Crippen molar-refractivity contribution in [1.82, 2.24) is 5.32 Å². The molecule has 1 aromatic carbocycles. The Morgan fingerprint density at radius 1 is 1.40 bits per heavy atom. The second-order valence-electron chi connectivity index (χ2n) is 3.41. The van der Waals surface area contributed by atoms with E-state index in [0.717, 1.165) is 12.3 Å². The highest BCUT2D eigenvalue weighted by Gasteiger charge is 2.04. The smallest absolute Gasteiger partial charge is 0.216 e. The van der Waals surface area contributed by atoms with Crippen LogP contribution in [-0.4, -0.2) is 18.2 Å². The molecule has 0 heterocycles. The average Bonchev–Trinajstić information content (AvgIpc) is 2.25. The minimum Gasteiger partial charge on any atom is -0.356 e. The van der Waals surface area contributed by atoms with Crippen LogP contribution in [0.5, 0.6) is 0 Å². The maximum atomic E-state index is 10.6. The molecule has 82 valence electrons. The summed E-state index contributed by atoms with van der Waals surface area (Å²) >= 11 is 1.86. The van der Waals surface area contributed by atoms with E-state index in [2.05, 4.69) is 36.5 Å². The Bertz CT molecular complexity index is 300. The van der Waals surface area contributed by atoms with Crippen LogP contribution in [0.2, 0.25) is 0 Å². The quantitative estimate of drug-likeness (QED) is 0.777. The maximum absolute atomic E-state index is 10.6. The summed E-state index contributed by atoms with van der Waals surface area (Å²) in [6.07, 6.45) is 0. The van der Waals surface area contributed by atoms with Crippen molar-refractivity contribution < 1.29 is 4.79 Å². The summed E-state index contributed by atoms with van der Waals surface area (Å²) in [6.45, 7) is 4.48. The summed E-state index contributed by atoms with van der Waals surface area (Å²) in [6, 6.07) is 10.4. The zero-order valence-corrected chi connectivity index (χ0v) is 10.0. The highest BCUT2D eigenvalue weighted by Crippen LogP contribution is 2.26. The van der Waals surface area contributed by atoms with Crippen LogP contribution in [0.25, 0.3) is 0 Å². The predicted molar refractivity (Wildman–Crippen MR) is 66.0 cm³/mol. The maximum Gasteiger partial charge on any atom is 0.216 e. The van der Waals surface area contributed by atoms with Crippen LogP contribution in [0.3, 0.4) is 0 Å². The molecule has 0 aliphatic rings. The number of hydrogen-bond donors (Lipinski definition) is 1. The molecule has 1 rings (SSSR count). The van der Waals surface area contributed by atoms with E-state index in [4.69, 9.17) is 0 Å². The molecule has 3 heteroatoms. The van der Waals surface area contributed by atoms with Crippen molar-refractivity contribution in [3.8, 4) is 0 Å². The van der Waals surface area contributed by atoms with Crippen LogP contribution in [0, 0.1) is 0 Å². The Balaban J connectivity index is 2.25. The van der Waals surface area contributed by atoms with Crippen LogP contribution < -0.4 is 5.32 Å². The van der Waals surface area contributed by atoms with Gasteiger partial charge in [0.15, 0.2) is 0 Å². The molecule has 0 bridgehead atoms. The van der Waals surface area contributed by atoms with Gasteiger partial charge >= 0.3 is 0 Å². The Morgan fingerprint density at radius 3 is 2.67 bits per heavy atom. The van der Waals surface area contributed by atoms with E-state index in [9.17, 15) is 4.79 Å². The molecule has 0 saturated carbocycles. The van der Waals surface area contributed by atoms with Gasteiger partial charge in [0.05, 0.1) is 0 Å². The molecule has 1 unspecified atom stereocenters. The summed E-state index contributed by atoms with van der Waals surface area (Å²) < 4.78 is 0. The normalized spacial score (nSPS) is 12.1. The van der Waals surface area contributed by atoms with Crippen LogP contribution in [-0.2, 0) is 4.79 Å². The first-order valence-electron chi connectivity index (χ1n) is 5.11. The van der Waals surface area contributed by atoms with E-state index < -0.39 is 0 Å². The molecule has 0 fully saturated rings. The van der Waals surface area contributed by atoms with Gasteiger partial charge in [-0.2, -0.15) is 11.8 Å². The number of amides is 1. The van der Waals surface area contributed by atoms with Gasteiger partial charge in [0.25, 0.3) is 0 Å². The highest BCUT2D eigenvalue weighted by molar-refractivity contribution is 7.99. The van der Waals surface area contributed by atoms with Gasteiger partial charge in [0.2, 0.25) is 5.91 Å². The topological polar surface area (TPSA) is 29.1 Å². The Labute approximate surface area is 95.5 Å². The molecule has 0 spiro atoms. The third-order valence-corrected chi connectivity index (χ3v) is 3.32.